The number of aliphatic hydroxyl groups is 2. The summed E-state index contributed by atoms with van der Waals surface area (Å²) in [5.41, 5.74) is -2.69. The van der Waals surface area contributed by atoms with E-state index in [0.29, 0.717) is 38.5 Å². The van der Waals surface area contributed by atoms with E-state index < -0.39 is 16.6 Å². The molecule has 24 heavy (non-hydrogen) atoms. The van der Waals surface area contributed by atoms with Gasteiger partial charge in [-0.05, 0) is 65.2 Å². The summed E-state index contributed by atoms with van der Waals surface area (Å²) in [7, 11) is 0. The number of rotatable bonds is 6. The van der Waals surface area contributed by atoms with E-state index in [1.807, 2.05) is 0 Å². The molecule has 0 aromatic rings. The van der Waals surface area contributed by atoms with E-state index >= 15 is 0 Å². The normalized spacial score (nSPS) is 28.3. The van der Waals surface area contributed by atoms with E-state index in [0.717, 1.165) is 19.3 Å². The highest BCUT2D eigenvalue weighted by Gasteiger charge is 2.53. The smallest absolute Gasteiger partial charge is 0.236 e. The number of carbonyl (C=O) groups is 2. The van der Waals surface area contributed by atoms with E-state index in [2.05, 4.69) is 10.6 Å². The second kappa shape index (κ2) is 5.99. The Morgan fingerprint density at radius 3 is 1.29 bits per heavy atom. The zero-order valence-corrected chi connectivity index (χ0v) is 14.7. The topological polar surface area (TPSA) is 98.7 Å². The molecule has 0 aliphatic heterocycles. The van der Waals surface area contributed by atoms with Crippen molar-refractivity contribution in [2.24, 2.45) is 5.41 Å². The Morgan fingerprint density at radius 2 is 1.08 bits per heavy atom. The van der Waals surface area contributed by atoms with Gasteiger partial charge < -0.3 is 20.8 Å². The van der Waals surface area contributed by atoms with Gasteiger partial charge in [0.05, 0.1) is 23.3 Å². The molecule has 0 aromatic heterocycles. The number of nitrogens with one attached hydrogen (secondary N) is 2. The summed E-state index contributed by atoms with van der Waals surface area (Å²) in [6, 6.07) is -0.700. The highest BCUT2D eigenvalue weighted by molar-refractivity contribution is 6.06. The van der Waals surface area contributed by atoms with Crippen molar-refractivity contribution in [2.75, 3.05) is 0 Å². The van der Waals surface area contributed by atoms with E-state index in [1.165, 1.54) is 0 Å². The van der Waals surface area contributed by atoms with Crippen molar-refractivity contribution >= 4 is 11.8 Å². The lowest BCUT2D eigenvalue weighted by Crippen LogP contribution is -2.64. The molecule has 0 aromatic carbocycles. The molecule has 4 N–H and O–H groups in total. The third kappa shape index (κ3) is 2.73. The molecule has 2 amide bonds. The molecule has 3 aliphatic carbocycles. The highest BCUT2D eigenvalue weighted by atomic mass is 16.3. The van der Waals surface area contributed by atoms with Gasteiger partial charge >= 0.3 is 0 Å². The molecule has 0 bridgehead atoms. The van der Waals surface area contributed by atoms with E-state index in [1.54, 1.807) is 13.8 Å². The SMILES string of the molecule is C[C@@H](NC(=O)C1(C(=O)N[C@H](C)C2(O)CCC2)CCC1)C1(O)CCC1. The zero-order valence-electron chi connectivity index (χ0n) is 14.7. The van der Waals surface area contributed by atoms with Gasteiger partial charge in [0.15, 0.2) is 0 Å². The summed E-state index contributed by atoms with van der Waals surface area (Å²) < 4.78 is 0. The fourth-order valence-electron chi connectivity index (χ4n) is 3.97. The second-order valence-corrected chi connectivity index (χ2v) is 8.24. The summed E-state index contributed by atoms with van der Waals surface area (Å²) in [6.45, 7) is 3.61. The third-order valence-electron chi connectivity index (χ3n) is 6.82. The molecule has 0 unspecified atom stereocenters. The zero-order chi connectivity index (χ0) is 17.6. The molecular formula is C18H30N2O4. The van der Waals surface area contributed by atoms with Crippen molar-refractivity contribution in [1.29, 1.82) is 0 Å². The molecular weight excluding hydrogens is 308 g/mol. The average molecular weight is 338 g/mol. The molecule has 136 valence electrons. The quantitative estimate of drug-likeness (QED) is 0.543. The summed E-state index contributed by atoms with van der Waals surface area (Å²) >= 11 is 0. The van der Waals surface area contributed by atoms with Gasteiger partial charge in [-0.15, -0.1) is 0 Å². The minimum Gasteiger partial charge on any atom is -0.388 e. The highest BCUT2D eigenvalue weighted by Crippen LogP contribution is 2.43. The van der Waals surface area contributed by atoms with Crippen molar-refractivity contribution in [3.05, 3.63) is 0 Å². The molecule has 0 radical (unpaired) electrons. The summed E-state index contributed by atoms with van der Waals surface area (Å²) in [6.07, 6.45) is 6.61. The van der Waals surface area contributed by atoms with E-state index in [4.69, 9.17) is 0 Å². The van der Waals surface area contributed by atoms with Gasteiger partial charge in [-0.3, -0.25) is 9.59 Å². The lowest BCUT2D eigenvalue weighted by molar-refractivity contribution is -0.155. The largest absolute Gasteiger partial charge is 0.388 e. The first-order valence-electron chi connectivity index (χ1n) is 9.29. The molecule has 6 nitrogen and oxygen atoms in total. The van der Waals surface area contributed by atoms with Gasteiger partial charge in [-0.1, -0.05) is 6.42 Å². The van der Waals surface area contributed by atoms with Crippen LogP contribution in [-0.4, -0.2) is 45.3 Å². The summed E-state index contributed by atoms with van der Waals surface area (Å²) in [5.74, 6) is -0.571. The fraction of sp³-hybridized carbons (Fsp3) is 0.889. The summed E-state index contributed by atoms with van der Waals surface area (Å²) in [4.78, 5) is 25.5. The predicted octanol–water partition coefficient (Wildman–Crippen LogP) is 0.996. The number of amides is 2. The average Bonchev–Trinajstić information content (AvgIpc) is 2.40. The molecule has 3 aliphatic rings. The molecule has 3 fully saturated rings. The lowest BCUT2D eigenvalue weighted by Gasteiger charge is -2.46. The molecule has 3 rings (SSSR count). The Hall–Kier alpha value is -1.14. The van der Waals surface area contributed by atoms with Crippen molar-refractivity contribution in [1.82, 2.24) is 10.6 Å². The van der Waals surface area contributed by atoms with Crippen molar-refractivity contribution in [2.45, 2.75) is 94.9 Å². The van der Waals surface area contributed by atoms with E-state index in [-0.39, 0.29) is 23.9 Å². The number of carbonyl (C=O) groups excluding carboxylic acids is 2. The maximum atomic E-state index is 12.8. The van der Waals surface area contributed by atoms with Gasteiger partial charge in [0.2, 0.25) is 11.8 Å². The summed E-state index contributed by atoms with van der Waals surface area (Å²) in [5, 5.41) is 26.5. The van der Waals surface area contributed by atoms with E-state index in [9.17, 15) is 19.8 Å². The molecule has 0 saturated heterocycles. The standard InChI is InChI=1S/C18H30N2O4/c1-12(17(23)8-4-9-17)19-14(21)16(6-3-7-16)15(22)20-13(2)18(24)10-5-11-18/h12-13,23-24H,3-11H2,1-2H3,(H,19,21)(H,20,22)/t12-,13-/m1/s1. The van der Waals surface area contributed by atoms with Crippen LogP contribution < -0.4 is 10.6 Å². The Balaban J connectivity index is 1.62. The van der Waals surface area contributed by atoms with Crippen molar-refractivity contribution in [3.63, 3.8) is 0 Å². The first kappa shape index (κ1) is 17.7. The minimum atomic E-state index is -1.04. The van der Waals surface area contributed by atoms with Gasteiger partial charge in [0.25, 0.3) is 0 Å². The second-order valence-electron chi connectivity index (χ2n) is 8.24. The molecule has 6 heteroatoms. The van der Waals surface area contributed by atoms with Crippen LogP contribution in [0.1, 0.15) is 71.6 Å². The Morgan fingerprint density at radius 1 is 0.750 bits per heavy atom. The maximum Gasteiger partial charge on any atom is 0.236 e. The monoisotopic (exact) mass is 338 g/mol. The van der Waals surface area contributed by atoms with Crippen LogP contribution in [0.25, 0.3) is 0 Å². The van der Waals surface area contributed by atoms with Gasteiger partial charge in [0, 0.05) is 0 Å². The van der Waals surface area contributed by atoms with Crippen LogP contribution >= 0.6 is 0 Å². The van der Waals surface area contributed by atoms with Crippen molar-refractivity contribution < 1.29 is 19.8 Å². The minimum absolute atomic E-state index is 0.285. The Bertz CT molecular complexity index is 479. The molecule has 0 heterocycles. The Kier molecular flexibility index (Phi) is 4.41. The van der Waals surface area contributed by atoms with Crippen LogP contribution in [0.4, 0.5) is 0 Å². The fourth-order valence-corrected chi connectivity index (χ4v) is 3.97. The van der Waals surface area contributed by atoms with Crippen LogP contribution in [0.15, 0.2) is 0 Å². The van der Waals surface area contributed by atoms with Crippen LogP contribution in [-0.2, 0) is 9.59 Å². The Labute approximate surface area is 143 Å². The molecule has 3 saturated carbocycles. The molecule has 0 spiro atoms. The van der Waals surface area contributed by atoms with Gasteiger partial charge in [0.1, 0.15) is 5.41 Å². The van der Waals surface area contributed by atoms with Crippen LogP contribution in [0.2, 0.25) is 0 Å². The van der Waals surface area contributed by atoms with Crippen LogP contribution in [0.5, 0.6) is 0 Å². The first-order chi connectivity index (χ1) is 11.2. The van der Waals surface area contributed by atoms with Crippen LogP contribution in [0, 0.1) is 5.41 Å². The van der Waals surface area contributed by atoms with Crippen molar-refractivity contribution in [3.8, 4) is 0 Å². The molecule has 2 atom stereocenters. The maximum absolute atomic E-state index is 12.8. The van der Waals surface area contributed by atoms with Gasteiger partial charge in [-0.2, -0.15) is 0 Å². The lowest BCUT2D eigenvalue weighted by atomic mass is 9.66. The van der Waals surface area contributed by atoms with Crippen LogP contribution in [0.3, 0.4) is 0 Å². The number of hydrogen-bond acceptors (Lipinski definition) is 4. The van der Waals surface area contributed by atoms with Gasteiger partial charge in [-0.25, -0.2) is 0 Å². The third-order valence-corrected chi connectivity index (χ3v) is 6.82. The first-order valence-corrected chi connectivity index (χ1v) is 9.29. The predicted molar refractivity (Wildman–Crippen MR) is 89.1 cm³/mol. The number of hydrogen-bond donors (Lipinski definition) is 4.